The Morgan fingerprint density at radius 3 is 2.18 bits per heavy atom. The number of hydrogen-bond acceptors (Lipinski definition) is 3. The molecule has 1 aliphatic heterocycles. The van der Waals surface area contributed by atoms with Gasteiger partial charge < -0.3 is 4.90 Å². The molecule has 2 aromatic carbocycles. The minimum Gasteiger partial charge on any atom is -0.356 e. The highest BCUT2D eigenvalue weighted by atomic mass is 19.4. The van der Waals surface area contributed by atoms with Gasteiger partial charge in [-0.3, -0.25) is 0 Å². The number of piperidine rings is 1. The lowest BCUT2D eigenvalue weighted by Crippen LogP contribution is -2.30. The first-order valence-corrected chi connectivity index (χ1v) is 9.38. The second kappa shape index (κ2) is 7.62. The number of rotatable bonds is 3. The lowest BCUT2D eigenvalue weighted by atomic mass is 10.1. The van der Waals surface area contributed by atoms with Crippen molar-refractivity contribution in [3.05, 3.63) is 66.2 Å². The fraction of sp³-hybridized carbons (Fsp3) is 0.273. The number of alkyl halides is 3. The number of hydrogen-bond donors (Lipinski definition) is 0. The lowest BCUT2D eigenvalue weighted by molar-refractivity contribution is -0.137. The highest BCUT2D eigenvalue weighted by Gasteiger charge is 2.30. The Labute approximate surface area is 161 Å². The highest BCUT2D eigenvalue weighted by Crippen LogP contribution is 2.33. The van der Waals surface area contributed by atoms with Crippen molar-refractivity contribution < 1.29 is 13.2 Å². The maximum atomic E-state index is 13.2. The summed E-state index contributed by atoms with van der Waals surface area (Å²) in [6.45, 7) is 1.79. The molecule has 1 aliphatic rings. The Kier molecular flexibility index (Phi) is 5.03. The zero-order valence-electron chi connectivity index (χ0n) is 15.3. The lowest BCUT2D eigenvalue weighted by Gasteiger charge is -2.28. The average Bonchev–Trinajstić information content (AvgIpc) is 2.74. The minimum absolute atomic E-state index is 0.438. The van der Waals surface area contributed by atoms with Crippen molar-refractivity contribution in [1.82, 2.24) is 9.97 Å². The zero-order chi connectivity index (χ0) is 19.6. The van der Waals surface area contributed by atoms with Crippen LogP contribution in [0.25, 0.3) is 22.6 Å². The highest BCUT2D eigenvalue weighted by molar-refractivity contribution is 5.68. The molecule has 1 fully saturated rings. The van der Waals surface area contributed by atoms with Gasteiger partial charge in [0.1, 0.15) is 5.82 Å². The van der Waals surface area contributed by atoms with E-state index in [0.29, 0.717) is 17.1 Å². The molecule has 3 aromatic rings. The molecule has 3 nitrogen and oxygen atoms in total. The summed E-state index contributed by atoms with van der Waals surface area (Å²) in [6, 6.07) is 16.6. The van der Waals surface area contributed by atoms with Crippen LogP contribution in [0.15, 0.2) is 60.7 Å². The van der Waals surface area contributed by atoms with Crippen LogP contribution in [0.4, 0.5) is 19.0 Å². The quantitative estimate of drug-likeness (QED) is 0.571. The topological polar surface area (TPSA) is 29.0 Å². The zero-order valence-corrected chi connectivity index (χ0v) is 15.3. The molecule has 0 saturated carbocycles. The van der Waals surface area contributed by atoms with E-state index in [4.69, 9.17) is 4.98 Å². The van der Waals surface area contributed by atoms with Crippen molar-refractivity contribution in [2.75, 3.05) is 18.0 Å². The van der Waals surface area contributed by atoms with Gasteiger partial charge >= 0.3 is 6.18 Å². The molecule has 6 heteroatoms. The number of anilines is 1. The number of aromatic nitrogens is 2. The van der Waals surface area contributed by atoms with E-state index in [9.17, 15) is 13.2 Å². The summed E-state index contributed by atoms with van der Waals surface area (Å²) in [5.74, 6) is 1.29. The predicted molar refractivity (Wildman–Crippen MR) is 104 cm³/mol. The van der Waals surface area contributed by atoms with Gasteiger partial charge in [-0.1, -0.05) is 42.5 Å². The van der Waals surface area contributed by atoms with Crippen molar-refractivity contribution in [2.45, 2.75) is 25.4 Å². The van der Waals surface area contributed by atoms with E-state index in [0.717, 1.165) is 49.4 Å². The summed E-state index contributed by atoms with van der Waals surface area (Å²) in [6.07, 6.45) is -1.03. The molecule has 28 heavy (non-hydrogen) atoms. The molecule has 0 radical (unpaired) electrons. The van der Waals surface area contributed by atoms with Crippen LogP contribution in [0.1, 0.15) is 24.8 Å². The van der Waals surface area contributed by atoms with E-state index >= 15 is 0 Å². The molecule has 0 spiro atoms. The van der Waals surface area contributed by atoms with Gasteiger partial charge in [0.2, 0.25) is 0 Å². The van der Waals surface area contributed by atoms with Crippen molar-refractivity contribution in [3.63, 3.8) is 0 Å². The fourth-order valence-electron chi connectivity index (χ4n) is 3.44. The third kappa shape index (κ3) is 4.01. The summed E-state index contributed by atoms with van der Waals surface area (Å²) in [7, 11) is 0. The molecule has 0 aliphatic carbocycles. The van der Waals surface area contributed by atoms with E-state index in [2.05, 4.69) is 9.88 Å². The summed E-state index contributed by atoms with van der Waals surface area (Å²) in [5, 5.41) is 0. The average molecular weight is 383 g/mol. The normalized spacial score (nSPS) is 14.9. The Bertz CT molecular complexity index is 949. The Hall–Kier alpha value is -2.89. The van der Waals surface area contributed by atoms with E-state index in [1.54, 1.807) is 12.1 Å². The molecule has 0 amide bonds. The van der Waals surface area contributed by atoms with E-state index < -0.39 is 11.7 Å². The van der Waals surface area contributed by atoms with Crippen LogP contribution in [-0.4, -0.2) is 23.1 Å². The maximum absolute atomic E-state index is 13.2. The molecule has 144 valence electrons. The first kappa shape index (κ1) is 18.5. The van der Waals surface area contributed by atoms with Gasteiger partial charge in [0.15, 0.2) is 5.82 Å². The monoisotopic (exact) mass is 383 g/mol. The van der Waals surface area contributed by atoms with Crippen LogP contribution in [-0.2, 0) is 6.18 Å². The van der Waals surface area contributed by atoms with Crippen molar-refractivity contribution >= 4 is 5.82 Å². The summed E-state index contributed by atoms with van der Waals surface area (Å²) in [5.41, 5.74) is 1.10. The second-order valence-electron chi connectivity index (χ2n) is 6.93. The van der Waals surface area contributed by atoms with Crippen molar-refractivity contribution in [2.24, 2.45) is 0 Å². The SMILES string of the molecule is FC(F)(F)c1cccc(-c2cc(N3CCCCC3)nc(-c3ccccc3)n2)c1. The van der Waals surface area contributed by atoms with Crippen LogP contribution in [0.2, 0.25) is 0 Å². The van der Waals surface area contributed by atoms with Gasteiger partial charge in [0, 0.05) is 30.3 Å². The number of nitrogens with zero attached hydrogens (tertiary/aromatic N) is 3. The van der Waals surface area contributed by atoms with Gasteiger partial charge in [-0.15, -0.1) is 0 Å². The van der Waals surface area contributed by atoms with Crippen LogP contribution in [0.5, 0.6) is 0 Å². The summed E-state index contributed by atoms with van der Waals surface area (Å²) in [4.78, 5) is 11.5. The van der Waals surface area contributed by atoms with Gasteiger partial charge in [0.25, 0.3) is 0 Å². The molecule has 0 atom stereocenters. The molecular weight excluding hydrogens is 363 g/mol. The smallest absolute Gasteiger partial charge is 0.356 e. The van der Waals surface area contributed by atoms with Crippen LogP contribution in [0.3, 0.4) is 0 Å². The third-order valence-electron chi connectivity index (χ3n) is 4.91. The van der Waals surface area contributed by atoms with Gasteiger partial charge in [-0.2, -0.15) is 13.2 Å². The van der Waals surface area contributed by atoms with E-state index in [-0.39, 0.29) is 0 Å². The fourth-order valence-corrected chi connectivity index (χ4v) is 3.44. The largest absolute Gasteiger partial charge is 0.416 e. The molecule has 1 saturated heterocycles. The van der Waals surface area contributed by atoms with E-state index in [1.165, 1.54) is 12.5 Å². The van der Waals surface area contributed by atoms with E-state index in [1.807, 2.05) is 30.3 Å². The van der Waals surface area contributed by atoms with Crippen molar-refractivity contribution in [1.29, 1.82) is 0 Å². The van der Waals surface area contributed by atoms with Gasteiger partial charge in [-0.05, 0) is 31.4 Å². The molecule has 0 unspecified atom stereocenters. The second-order valence-corrected chi connectivity index (χ2v) is 6.93. The van der Waals surface area contributed by atoms with Crippen LogP contribution < -0.4 is 4.90 Å². The minimum atomic E-state index is -4.39. The van der Waals surface area contributed by atoms with Crippen molar-refractivity contribution in [3.8, 4) is 22.6 Å². The molecule has 2 heterocycles. The summed E-state index contributed by atoms with van der Waals surface area (Å²) >= 11 is 0. The summed E-state index contributed by atoms with van der Waals surface area (Å²) < 4.78 is 39.5. The molecule has 1 aromatic heterocycles. The molecular formula is C22H20F3N3. The maximum Gasteiger partial charge on any atom is 0.416 e. The van der Waals surface area contributed by atoms with Crippen LogP contribution >= 0.6 is 0 Å². The van der Waals surface area contributed by atoms with Gasteiger partial charge in [0.05, 0.1) is 11.3 Å². The Morgan fingerprint density at radius 2 is 1.46 bits per heavy atom. The predicted octanol–water partition coefficient (Wildman–Crippen LogP) is 5.82. The molecule has 4 rings (SSSR count). The number of halogens is 3. The first-order valence-electron chi connectivity index (χ1n) is 9.38. The van der Waals surface area contributed by atoms with Gasteiger partial charge in [-0.25, -0.2) is 9.97 Å². The number of benzene rings is 2. The molecule has 0 bridgehead atoms. The first-order chi connectivity index (χ1) is 13.5. The third-order valence-corrected chi connectivity index (χ3v) is 4.91. The standard InChI is InChI=1S/C22H20F3N3/c23-22(24,25)18-11-7-10-17(14-18)19-15-20(28-12-5-2-6-13-28)27-21(26-19)16-8-3-1-4-9-16/h1,3-4,7-11,14-15H,2,5-6,12-13H2. The Balaban J connectivity index is 1.82. The molecule has 0 N–H and O–H groups in total. The Morgan fingerprint density at radius 1 is 0.750 bits per heavy atom. The van der Waals surface area contributed by atoms with Crippen LogP contribution in [0, 0.1) is 0 Å².